The van der Waals surface area contributed by atoms with Gasteiger partial charge in [-0.25, -0.2) is 0 Å². The lowest BCUT2D eigenvalue weighted by molar-refractivity contribution is 0.414. The number of hydrogen-bond acceptors (Lipinski definition) is 1. The van der Waals surface area contributed by atoms with Crippen molar-refractivity contribution in [1.82, 2.24) is 0 Å². The first-order valence-corrected chi connectivity index (χ1v) is 21.3. The van der Waals surface area contributed by atoms with Crippen molar-refractivity contribution in [2.75, 3.05) is 7.11 Å². The zero-order valence-corrected chi connectivity index (χ0v) is 29.2. The van der Waals surface area contributed by atoms with Crippen molar-refractivity contribution in [3.63, 3.8) is 0 Å². The highest BCUT2D eigenvalue weighted by Gasteiger charge is 2.28. The quantitative estimate of drug-likeness (QED) is 0.0966. The highest BCUT2D eigenvalue weighted by atomic mass is 79.9. The monoisotopic (exact) mass is 648 g/mol. The largest absolute Gasteiger partial charge is 0.497 e. The summed E-state index contributed by atoms with van der Waals surface area (Å²) in [6.07, 6.45) is 17.3. The topological polar surface area (TPSA) is 9.23 Å². The fourth-order valence-corrected chi connectivity index (χ4v) is 13.7. The molecule has 2 rings (SSSR count). The predicted molar refractivity (Wildman–Crippen MR) is 195 cm³/mol. The summed E-state index contributed by atoms with van der Waals surface area (Å²) in [6, 6.07) is 26.7. The molecule has 0 N–H and O–H groups in total. The van der Waals surface area contributed by atoms with Gasteiger partial charge in [-0.05, 0) is 84.5 Å². The van der Waals surface area contributed by atoms with Crippen molar-refractivity contribution in [3.05, 3.63) is 140 Å². The smallest absolute Gasteiger partial charge is 0.118 e. The number of allylic oxidation sites excluding steroid dienone is 6. The van der Waals surface area contributed by atoms with Gasteiger partial charge in [-0.3, -0.25) is 0 Å². The summed E-state index contributed by atoms with van der Waals surface area (Å²) < 4.78 is 6.35. The fourth-order valence-electron chi connectivity index (χ4n) is 5.73. The van der Waals surface area contributed by atoms with Crippen LogP contribution in [0.25, 0.3) is 0 Å². The Morgan fingerprint density at radius 2 is 0.878 bits per heavy atom. The summed E-state index contributed by atoms with van der Waals surface area (Å²) in [4.78, 5) is 0. The Morgan fingerprint density at radius 3 is 1.17 bits per heavy atom. The number of benzene rings is 2. The molecule has 0 amide bonds. The molecule has 0 aliphatic heterocycles. The lowest BCUT2D eigenvalue weighted by atomic mass is 10.1. The van der Waals surface area contributed by atoms with Crippen LogP contribution in [0.1, 0.15) is 24.0 Å². The van der Waals surface area contributed by atoms with Gasteiger partial charge < -0.3 is 4.74 Å². The van der Waals surface area contributed by atoms with Crippen molar-refractivity contribution in [1.29, 1.82) is 0 Å². The lowest BCUT2D eigenvalue weighted by Crippen LogP contribution is -2.32. The van der Waals surface area contributed by atoms with Crippen LogP contribution >= 0.6 is 15.9 Å². The van der Waals surface area contributed by atoms with Crippen molar-refractivity contribution < 1.29 is 4.74 Å². The first kappa shape index (κ1) is 36.6. The third-order valence-corrected chi connectivity index (χ3v) is 18.2. The van der Waals surface area contributed by atoms with Crippen molar-refractivity contribution >= 4 is 32.1 Å². The molecule has 0 heterocycles. The van der Waals surface area contributed by atoms with Gasteiger partial charge in [0.2, 0.25) is 0 Å². The molecule has 0 bridgehead atoms. The molecule has 0 saturated carbocycles. The standard InChI is InChI=1S/C19H28OSi.C18H25BrSi/c1-5-14-21(15-6-2,16-7-3)17-8-9-18-10-12-19(20-4)13-11-18;1-4-13-20(14-5-2,15-6-3)16-7-8-17-9-11-18(19)12-10-17/h5-7,10-13H,1-3,8-9,14-17H2,4H3;4-6,9-12H,1-3,7-8,13-16H2. The Balaban J connectivity index is 0.000000410. The SMILES string of the molecule is C=CC[Si](CC=C)(CC=C)CCCc1ccc(Br)cc1.C=CC[Si](CC=C)(CC=C)CCCc1ccc(OC)cc1. The molecule has 0 spiro atoms. The van der Waals surface area contributed by atoms with Gasteiger partial charge in [0.15, 0.2) is 0 Å². The molecule has 0 unspecified atom stereocenters. The second kappa shape index (κ2) is 21.3. The van der Waals surface area contributed by atoms with Crippen LogP contribution < -0.4 is 4.74 Å². The molecule has 1 nitrogen and oxygen atoms in total. The normalized spacial score (nSPS) is 11.0. The van der Waals surface area contributed by atoms with E-state index in [1.165, 1.54) is 54.2 Å². The minimum atomic E-state index is -1.35. The average molecular weight is 650 g/mol. The Morgan fingerprint density at radius 1 is 0.561 bits per heavy atom. The minimum Gasteiger partial charge on any atom is -0.497 e. The second-order valence-corrected chi connectivity index (χ2v) is 21.5. The van der Waals surface area contributed by atoms with Gasteiger partial charge >= 0.3 is 0 Å². The van der Waals surface area contributed by atoms with E-state index in [0.717, 1.165) is 41.2 Å². The third kappa shape index (κ3) is 14.4. The van der Waals surface area contributed by atoms with E-state index < -0.39 is 16.1 Å². The van der Waals surface area contributed by atoms with Gasteiger partial charge in [-0.15, -0.1) is 39.5 Å². The van der Waals surface area contributed by atoms with Crippen LogP contribution in [0.2, 0.25) is 48.4 Å². The van der Waals surface area contributed by atoms with Crippen LogP contribution in [-0.2, 0) is 12.8 Å². The predicted octanol–water partition coefficient (Wildman–Crippen LogP) is 12.0. The molecule has 0 aliphatic rings. The summed E-state index contributed by atoms with van der Waals surface area (Å²) in [5.74, 6) is 0.924. The highest BCUT2D eigenvalue weighted by Crippen LogP contribution is 2.31. The molecule has 2 aromatic rings. The molecule has 41 heavy (non-hydrogen) atoms. The van der Waals surface area contributed by atoms with Crippen LogP contribution in [0.3, 0.4) is 0 Å². The van der Waals surface area contributed by atoms with Crippen molar-refractivity contribution in [2.45, 2.75) is 74.0 Å². The van der Waals surface area contributed by atoms with E-state index in [9.17, 15) is 0 Å². The molecular weight excluding hydrogens is 596 g/mol. The summed E-state index contributed by atoms with van der Waals surface area (Å²) in [7, 11) is -0.967. The highest BCUT2D eigenvalue weighted by molar-refractivity contribution is 9.10. The summed E-state index contributed by atoms with van der Waals surface area (Å²) in [5, 5.41) is 0. The first-order valence-electron chi connectivity index (χ1n) is 14.9. The summed E-state index contributed by atoms with van der Waals surface area (Å²) >= 11 is 3.48. The van der Waals surface area contributed by atoms with Gasteiger partial charge in [-0.1, -0.05) is 102 Å². The maximum Gasteiger partial charge on any atom is 0.118 e. The lowest BCUT2D eigenvalue weighted by Gasteiger charge is -2.28. The molecule has 4 heteroatoms. The Bertz CT molecular complexity index is 1000. The molecule has 0 aliphatic carbocycles. The van der Waals surface area contributed by atoms with Gasteiger partial charge in [0, 0.05) is 4.47 Å². The maximum atomic E-state index is 5.20. The molecule has 222 valence electrons. The van der Waals surface area contributed by atoms with Gasteiger partial charge in [0.05, 0.1) is 23.3 Å². The number of rotatable bonds is 21. The van der Waals surface area contributed by atoms with E-state index in [0.29, 0.717) is 0 Å². The van der Waals surface area contributed by atoms with E-state index in [1.54, 1.807) is 7.11 Å². The van der Waals surface area contributed by atoms with E-state index in [4.69, 9.17) is 4.74 Å². The number of halogens is 1. The number of ether oxygens (including phenoxy) is 1. The fraction of sp³-hybridized carbons (Fsp3) is 0.351. The zero-order chi connectivity index (χ0) is 30.4. The third-order valence-electron chi connectivity index (χ3n) is 7.88. The van der Waals surface area contributed by atoms with Crippen molar-refractivity contribution in [2.24, 2.45) is 0 Å². The van der Waals surface area contributed by atoms with Crippen LogP contribution in [0.15, 0.2) is 129 Å². The molecule has 2 aromatic carbocycles. The molecule has 0 atom stereocenters. The molecule has 0 radical (unpaired) electrons. The number of methoxy groups -OCH3 is 1. The van der Waals surface area contributed by atoms with Crippen LogP contribution in [0, 0.1) is 0 Å². The van der Waals surface area contributed by atoms with Gasteiger partial charge in [0.1, 0.15) is 5.75 Å². The van der Waals surface area contributed by atoms with E-state index in [-0.39, 0.29) is 0 Å². The molecular formula is C37H53BrOSi2. The van der Waals surface area contributed by atoms with Crippen molar-refractivity contribution in [3.8, 4) is 5.75 Å². The number of aryl methyl sites for hydroxylation is 2. The molecule has 0 aromatic heterocycles. The average Bonchev–Trinajstić information content (AvgIpc) is 2.96. The maximum absolute atomic E-state index is 5.20. The Kier molecular flexibility index (Phi) is 19.0. The second-order valence-electron chi connectivity index (χ2n) is 11.1. The molecule has 0 fully saturated rings. The van der Waals surface area contributed by atoms with Crippen LogP contribution in [0.4, 0.5) is 0 Å². The number of hydrogen-bond donors (Lipinski definition) is 0. The first-order chi connectivity index (χ1) is 19.8. The zero-order valence-electron chi connectivity index (χ0n) is 25.6. The van der Waals surface area contributed by atoms with Gasteiger partial charge in [-0.2, -0.15) is 0 Å². The van der Waals surface area contributed by atoms with E-state index in [2.05, 4.69) is 128 Å². The molecule has 0 saturated heterocycles. The van der Waals surface area contributed by atoms with Crippen LogP contribution in [-0.4, -0.2) is 23.3 Å². The minimum absolute atomic E-state index is 0.924. The Hall–Kier alpha value is -2.41. The van der Waals surface area contributed by atoms with E-state index >= 15 is 0 Å². The van der Waals surface area contributed by atoms with Gasteiger partial charge in [0.25, 0.3) is 0 Å². The van der Waals surface area contributed by atoms with E-state index in [1.807, 2.05) is 12.1 Å². The Labute approximate surface area is 262 Å². The summed E-state index contributed by atoms with van der Waals surface area (Å²) in [5.41, 5.74) is 2.81. The van der Waals surface area contributed by atoms with Crippen LogP contribution in [0.5, 0.6) is 5.75 Å². The summed E-state index contributed by atoms with van der Waals surface area (Å²) in [6.45, 7) is 23.7.